The lowest BCUT2D eigenvalue weighted by Crippen LogP contribution is -2.43. The molecule has 0 saturated carbocycles. The minimum absolute atomic E-state index is 0.0542. The van der Waals surface area contributed by atoms with Crippen LogP contribution in [0.1, 0.15) is 45.2 Å². The number of amides is 1. The molecule has 1 aliphatic heterocycles. The quantitative estimate of drug-likeness (QED) is 0.612. The zero-order valence-corrected chi connectivity index (χ0v) is 19.9. The van der Waals surface area contributed by atoms with Crippen molar-refractivity contribution in [3.8, 4) is 11.5 Å². The van der Waals surface area contributed by atoms with Crippen LogP contribution in [-0.2, 0) is 21.4 Å². The van der Waals surface area contributed by atoms with Crippen molar-refractivity contribution in [3.05, 3.63) is 36.3 Å². The Balaban J connectivity index is 1.54. The third-order valence-corrected chi connectivity index (χ3v) is 7.38. The number of nitrogens with one attached hydrogen (secondary N) is 1. The van der Waals surface area contributed by atoms with Crippen molar-refractivity contribution in [1.82, 2.24) is 19.2 Å². The molecule has 1 aromatic heterocycles. The molecule has 0 spiro atoms. The first-order valence-corrected chi connectivity index (χ1v) is 12.3. The maximum absolute atomic E-state index is 12.9. The minimum atomic E-state index is -3.65. The number of piperidine rings is 1. The van der Waals surface area contributed by atoms with E-state index in [1.165, 1.54) is 10.6 Å². The van der Waals surface area contributed by atoms with Crippen LogP contribution in [0, 0.1) is 5.92 Å². The summed E-state index contributed by atoms with van der Waals surface area (Å²) in [6.45, 7) is 7.34. The van der Waals surface area contributed by atoms with E-state index in [1.54, 1.807) is 17.9 Å². The Morgan fingerprint density at radius 1 is 1.25 bits per heavy atom. The summed E-state index contributed by atoms with van der Waals surface area (Å²) in [6, 6.07) is 5.69. The largest absolute Gasteiger partial charge is 0.493 e. The summed E-state index contributed by atoms with van der Waals surface area (Å²) >= 11 is 0. The molecule has 0 bridgehead atoms. The molecule has 2 heterocycles. The van der Waals surface area contributed by atoms with E-state index in [-0.39, 0.29) is 22.9 Å². The van der Waals surface area contributed by atoms with Crippen LogP contribution in [0.25, 0.3) is 0 Å². The fraction of sp³-hybridized carbons (Fsp3) is 0.545. The normalized spacial score (nSPS) is 15.7. The molecular formula is C22H32N4O5S. The molecular weight excluding hydrogens is 432 g/mol. The number of nitrogens with zero attached hydrogens (tertiary/aromatic N) is 3. The summed E-state index contributed by atoms with van der Waals surface area (Å²) in [7, 11) is -2.07. The second-order valence-electron chi connectivity index (χ2n) is 8.07. The van der Waals surface area contributed by atoms with Crippen molar-refractivity contribution in [3.63, 3.8) is 0 Å². The Morgan fingerprint density at radius 2 is 1.97 bits per heavy atom. The molecule has 176 valence electrons. The van der Waals surface area contributed by atoms with Crippen molar-refractivity contribution >= 4 is 15.9 Å². The average Bonchev–Trinajstić information content (AvgIpc) is 3.30. The Bertz CT molecular complexity index is 1030. The van der Waals surface area contributed by atoms with E-state index in [2.05, 4.69) is 10.3 Å². The lowest BCUT2D eigenvalue weighted by molar-refractivity contribution is -0.126. The number of imidazole rings is 1. The van der Waals surface area contributed by atoms with E-state index in [9.17, 15) is 13.2 Å². The van der Waals surface area contributed by atoms with Gasteiger partial charge in [0.2, 0.25) is 5.91 Å². The maximum Gasteiger partial charge on any atom is 0.262 e. The molecule has 1 saturated heterocycles. The summed E-state index contributed by atoms with van der Waals surface area (Å²) in [6.07, 6.45) is 4.04. The third-order valence-electron chi connectivity index (χ3n) is 5.60. The molecule has 1 aliphatic rings. The van der Waals surface area contributed by atoms with Gasteiger partial charge in [-0.05, 0) is 51.3 Å². The van der Waals surface area contributed by atoms with Crippen LogP contribution in [0.2, 0.25) is 0 Å². The highest BCUT2D eigenvalue weighted by Crippen LogP contribution is 2.28. The molecule has 1 fully saturated rings. The van der Waals surface area contributed by atoms with Gasteiger partial charge in [-0.1, -0.05) is 6.07 Å². The summed E-state index contributed by atoms with van der Waals surface area (Å²) in [4.78, 5) is 16.7. The van der Waals surface area contributed by atoms with Gasteiger partial charge < -0.3 is 19.4 Å². The first kappa shape index (κ1) is 24.1. The van der Waals surface area contributed by atoms with Crippen LogP contribution < -0.4 is 14.8 Å². The number of rotatable bonds is 9. The smallest absolute Gasteiger partial charge is 0.262 e. The highest BCUT2D eigenvalue weighted by atomic mass is 32.2. The van der Waals surface area contributed by atoms with Gasteiger partial charge in [-0.25, -0.2) is 13.4 Å². The molecule has 10 heteroatoms. The number of carbonyl (C=O) groups excluding carboxylic acids is 1. The zero-order chi connectivity index (χ0) is 23.3. The number of ether oxygens (including phenoxy) is 2. The molecule has 2 aromatic rings. The summed E-state index contributed by atoms with van der Waals surface area (Å²) in [5.74, 6) is 0.993. The molecule has 0 aliphatic carbocycles. The molecule has 0 radical (unpaired) electrons. The number of benzene rings is 1. The first-order valence-electron chi connectivity index (χ1n) is 10.9. The number of hydrogen-bond acceptors (Lipinski definition) is 6. The standard InChI is InChI=1S/C22H32N4O5S/c1-5-31-19-7-6-17(12-20(19)30-4)13-23-22(27)18-8-10-26(11-9-18)32(28,29)21-14-25(15-24-21)16(2)3/h6-7,12,14-16,18H,5,8-11,13H2,1-4H3,(H,23,27). The number of carbonyl (C=O) groups is 1. The van der Waals surface area contributed by atoms with Gasteiger partial charge in [0, 0.05) is 37.8 Å². The van der Waals surface area contributed by atoms with E-state index < -0.39 is 10.0 Å². The van der Waals surface area contributed by atoms with Crippen molar-refractivity contribution in [2.75, 3.05) is 26.8 Å². The maximum atomic E-state index is 12.9. The van der Waals surface area contributed by atoms with Gasteiger partial charge in [-0.2, -0.15) is 4.31 Å². The SMILES string of the molecule is CCOc1ccc(CNC(=O)C2CCN(S(=O)(=O)c3cn(C(C)C)cn3)CC2)cc1OC. The molecule has 3 rings (SSSR count). The molecule has 1 amide bonds. The molecule has 1 N–H and O–H groups in total. The second kappa shape index (κ2) is 10.4. The second-order valence-corrected chi connectivity index (χ2v) is 9.95. The number of aromatic nitrogens is 2. The molecule has 0 atom stereocenters. The summed E-state index contributed by atoms with van der Waals surface area (Å²) < 4.78 is 39.8. The number of methoxy groups -OCH3 is 1. The fourth-order valence-corrected chi connectivity index (χ4v) is 5.05. The van der Waals surface area contributed by atoms with Gasteiger partial charge in [0.05, 0.1) is 20.0 Å². The minimum Gasteiger partial charge on any atom is -0.493 e. The van der Waals surface area contributed by atoms with Crippen molar-refractivity contribution in [2.24, 2.45) is 5.92 Å². The Hall–Kier alpha value is -2.59. The Kier molecular flexibility index (Phi) is 7.78. The zero-order valence-electron chi connectivity index (χ0n) is 19.1. The van der Waals surface area contributed by atoms with Gasteiger partial charge in [0.1, 0.15) is 0 Å². The molecule has 1 aromatic carbocycles. The van der Waals surface area contributed by atoms with Crippen LogP contribution in [0.15, 0.2) is 35.7 Å². The Labute approximate surface area is 189 Å². The van der Waals surface area contributed by atoms with Gasteiger partial charge in [-0.15, -0.1) is 0 Å². The lowest BCUT2D eigenvalue weighted by atomic mass is 9.97. The van der Waals surface area contributed by atoms with Crippen molar-refractivity contribution in [1.29, 1.82) is 0 Å². The van der Waals surface area contributed by atoms with Crippen LogP contribution in [-0.4, -0.2) is 55.0 Å². The Morgan fingerprint density at radius 3 is 2.56 bits per heavy atom. The molecule has 9 nitrogen and oxygen atoms in total. The molecule has 0 unspecified atom stereocenters. The first-order chi connectivity index (χ1) is 15.3. The van der Waals surface area contributed by atoms with Crippen molar-refractivity contribution < 1.29 is 22.7 Å². The van der Waals surface area contributed by atoms with Crippen molar-refractivity contribution in [2.45, 2.75) is 51.2 Å². The topological polar surface area (TPSA) is 103 Å². The third kappa shape index (κ3) is 5.42. The predicted octanol–water partition coefficient (Wildman–Crippen LogP) is 2.59. The lowest BCUT2D eigenvalue weighted by Gasteiger charge is -2.30. The van der Waals surface area contributed by atoms with Crippen LogP contribution in [0.3, 0.4) is 0 Å². The van der Waals surface area contributed by atoms with E-state index >= 15 is 0 Å². The number of sulfonamides is 1. The van der Waals surface area contributed by atoms with Gasteiger partial charge in [0.25, 0.3) is 10.0 Å². The van der Waals surface area contributed by atoms with Crippen LogP contribution in [0.4, 0.5) is 0 Å². The van der Waals surface area contributed by atoms with Gasteiger partial charge in [-0.3, -0.25) is 4.79 Å². The van der Waals surface area contributed by atoms with E-state index in [0.717, 1.165) is 5.56 Å². The van der Waals surface area contributed by atoms with Crippen LogP contribution in [0.5, 0.6) is 11.5 Å². The highest BCUT2D eigenvalue weighted by molar-refractivity contribution is 7.89. The summed E-state index contributed by atoms with van der Waals surface area (Å²) in [5.41, 5.74) is 0.902. The highest BCUT2D eigenvalue weighted by Gasteiger charge is 2.33. The average molecular weight is 465 g/mol. The summed E-state index contributed by atoms with van der Waals surface area (Å²) in [5, 5.41) is 3.01. The molecule has 32 heavy (non-hydrogen) atoms. The number of hydrogen-bond donors (Lipinski definition) is 1. The van der Waals surface area contributed by atoms with Gasteiger partial charge in [0.15, 0.2) is 16.5 Å². The monoisotopic (exact) mass is 464 g/mol. The van der Waals surface area contributed by atoms with E-state index in [1.807, 2.05) is 39.0 Å². The van der Waals surface area contributed by atoms with E-state index in [0.29, 0.717) is 50.6 Å². The van der Waals surface area contributed by atoms with Crippen LogP contribution >= 0.6 is 0 Å². The van der Waals surface area contributed by atoms with Gasteiger partial charge >= 0.3 is 0 Å². The van der Waals surface area contributed by atoms with E-state index in [4.69, 9.17) is 9.47 Å². The fourth-order valence-electron chi connectivity index (χ4n) is 3.65. The predicted molar refractivity (Wildman–Crippen MR) is 120 cm³/mol.